The number of benzene rings is 2. The number of nitrogens with zero attached hydrogens (tertiary/aromatic N) is 1. The molecule has 0 bridgehead atoms. The summed E-state index contributed by atoms with van der Waals surface area (Å²) in [6, 6.07) is 16.1. The number of hydrogen-bond acceptors (Lipinski definition) is 5. The van der Waals surface area contributed by atoms with Gasteiger partial charge >= 0.3 is 0 Å². The van der Waals surface area contributed by atoms with E-state index in [1.165, 1.54) is 18.3 Å². The van der Waals surface area contributed by atoms with Crippen molar-refractivity contribution in [3.63, 3.8) is 0 Å². The highest BCUT2D eigenvalue weighted by Gasteiger charge is 2.19. The molecule has 0 unspecified atom stereocenters. The van der Waals surface area contributed by atoms with Crippen LogP contribution >= 0.6 is 11.5 Å². The number of ketones is 1. The Balaban J connectivity index is 1.97. The Morgan fingerprint density at radius 3 is 2.35 bits per heavy atom. The third-order valence-corrected chi connectivity index (χ3v) is 5.26. The molecule has 116 valence electrons. The van der Waals surface area contributed by atoms with E-state index in [9.17, 15) is 13.2 Å². The Morgan fingerprint density at radius 2 is 1.65 bits per heavy atom. The number of hydrogen-bond donors (Lipinski definition) is 1. The first-order valence-electron chi connectivity index (χ1n) is 6.70. The quantitative estimate of drug-likeness (QED) is 0.721. The summed E-state index contributed by atoms with van der Waals surface area (Å²) >= 11 is 1.07. The minimum Gasteiger partial charge on any atom is -0.288 e. The molecule has 3 rings (SSSR count). The van der Waals surface area contributed by atoms with Crippen molar-refractivity contribution < 1.29 is 13.2 Å². The Kier molecular flexibility index (Phi) is 4.22. The summed E-state index contributed by atoms with van der Waals surface area (Å²) in [6.45, 7) is 0. The van der Waals surface area contributed by atoms with Crippen LogP contribution in [0.2, 0.25) is 0 Å². The van der Waals surface area contributed by atoms with E-state index in [1.807, 2.05) is 0 Å². The molecule has 0 aliphatic heterocycles. The number of anilines is 1. The van der Waals surface area contributed by atoms with Gasteiger partial charge in [0.05, 0.1) is 15.5 Å². The van der Waals surface area contributed by atoms with Gasteiger partial charge in [0.1, 0.15) is 0 Å². The van der Waals surface area contributed by atoms with E-state index in [-0.39, 0.29) is 21.9 Å². The van der Waals surface area contributed by atoms with Crippen molar-refractivity contribution in [3.05, 3.63) is 77.3 Å². The van der Waals surface area contributed by atoms with Gasteiger partial charge in [-0.1, -0.05) is 30.3 Å². The lowest BCUT2D eigenvalue weighted by atomic mass is 10.1. The first-order valence-corrected chi connectivity index (χ1v) is 8.96. The van der Waals surface area contributed by atoms with Gasteiger partial charge in [-0.3, -0.25) is 9.52 Å². The highest BCUT2D eigenvalue weighted by atomic mass is 32.2. The molecule has 3 aromatic rings. The molecule has 0 radical (unpaired) electrons. The maximum absolute atomic E-state index is 12.5. The molecule has 1 N–H and O–H groups in total. The molecular formula is C16H12N2O3S2. The number of nitrogens with one attached hydrogen (secondary N) is 1. The zero-order chi connectivity index (χ0) is 16.3. The normalized spacial score (nSPS) is 11.1. The Morgan fingerprint density at radius 1 is 0.957 bits per heavy atom. The molecule has 7 heteroatoms. The molecule has 0 aliphatic rings. The van der Waals surface area contributed by atoms with Gasteiger partial charge in [0.2, 0.25) is 5.78 Å². The Bertz CT molecular complexity index is 921. The minimum absolute atomic E-state index is 0.139. The first kappa shape index (κ1) is 15.4. The predicted molar refractivity (Wildman–Crippen MR) is 89.2 cm³/mol. The molecule has 0 saturated heterocycles. The molecule has 1 heterocycles. The molecular weight excluding hydrogens is 332 g/mol. The van der Waals surface area contributed by atoms with Gasteiger partial charge in [0, 0.05) is 11.8 Å². The lowest BCUT2D eigenvalue weighted by Gasteiger charge is -2.11. The smallest absolute Gasteiger partial charge is 0.261 e. The van der Waals surface area contributed by atoms with Crippen LogP contribution in [0.1, 0.15) is 15.2 Å². The minimum atomic E-state index is -3.75. The van der Waals surface area contributed by atoms with Crippen LogP contribution in [0.4, 0.5) is 5.69 Å². The second-order valence-corrected chi connectivity index (χ2v) is 7.19. The van der Waals surface area contributed by atoms with Crippen LogP contribution in [0.15, 0.2) is 71.8 Å². The van der Waals surface area contributed by atoms with Gasteiger partial charge < -0.3 is 0 Å². The van der Waals surface area contributed by atoms with Crippen LogP contribution in [0.5, 0.6) is 0 Å². The van der Waals surface area contributed by atoms with E-state index < -0.39 is 10.0 Å². The molecule has 5 nitrogen and oxygen atoms in total. The van der Waals surface area contributed by atoms with Crippen molar-refractivity contribution in [1.29, 1.82) is 0 Å². The number of carbonyl (C=O) groups is 1. The Labute approximate surface area is 137 Å². The van der Waals surface area contributed by atoms with E-state index in [0.717, 1.165) is 11.5 Å². The number of para-hydroxylation sites is 1. The molecule has 0 atom stereocenters. The van der Waals surface area contributed by atoms with E-state index in [2.05, 4.69) is 9.10 Å². The summed E-state index contributed by atoms with van der Waals surface area (Å²) in [6.07, 6.45) is 1.54. The molecule has 0 fully saturated rings. The molecule has 0 aliphatic carbocycles. The highest BCUT2D eigenvalue weighted by molar-refractivity contribution is 7.92. The van der Waals surface area contributed by atoms with Gasteiger partial charge in [-0.15, -0.1) is 0 Å². The number of aromatic nitrogens is 1. The fourth-order valence-electron chi connectivity index (χ4n) is 2.04. The lowest BCUT2D eigenvalue weighted by Crippen LogP contribution is -2.15. The second-order valence-electron chi connectivity index (χ2n) is 4.67. The molecule has 0 amide bonds. The molecule has 0 spiro atoms. The SMILES string of the molecule is O=C(c1ccns1)c1ccccc1NS(=O)(=O)c1ccccc1. The molecule has 23 heavy (non-hydrogen) atoms. The zero-order valence-electron chi connectivity index (χ0n) is 11.8. The van der Waals surface area contributed by atoms with Gasteiger partial charge in [-0.25, -0.2) is 12.8 Å². The van der Waals surface area contributed by atoms with Crippen LogP contribution in [-0.4, -0.2) is 18.6 Å². The fourth-order valence-corrected chi connectivity index (χ4v) is 3.69. The van der Waals surface area contributed by atoms with Crippen molar-refractivity contribution in [2.75, 3.05) is 4.72 Å². The van der Waals surface area contributed by atoms with Gasteiger partial charge in [0.25, 0.3) is 10.0 Å². The van der Waals surface area contributed by atoms with Crippen LogP contribution in [0.3, 0.4) is 0 Å². The third kappa shape index (κ3) is 3.30. The van der Waals surface area contributed by atoms with E-state index >= 15 is 0 Å². The van der Waals surface area contributed by atoms with Crippen LogP contribution in [0.25, 0.3) is 0 Å². The summed E-state index contributed by atoms with van der Waals surface area (Å²) in [5.41, 5.74) is 0.533. The molecule has 2 aromatic carbocycles. The van der Waals surface area contributed by atoms with E-state index in [4.69, 9.17) is 0 Å². The topological polar surface area (TPSA) is 76.1 Å². The zero-order valence-corrected chi connectivity index (χ0v) is 13.5. The van der Waals surface area contributed by atoms with Crippen molar-refractivity contribution in [2.45, 2.75) is 4.90 Å². The largest absolute Gasteiger partial charge is 0.288 e. The second kappa shape index (κ2) is 6.31. The first-order chi connectivity index (χ1) is 11.1. The summed E-state index contributed by atoms with van der Waals surface area (Å²) in [4.78, 5) is 13.1. The van der Waals surface area contributed by atoms with Gasteiger partial charge in [-0.05, 0) is 41.9 Å². The van der Waals surface area contributed by atoms with E-state index in [1.54, 1.807) is 48.5 Å². The number of rotatable bonds is 5. The average molecular weight is 344 g/mol. The average Bonchev–Trinajstić information content (AvgIpc) is 3.10. The molecule has 1 aromatic heterocycles. The standard InChI is InChI=1S/C16H12N2O3S2/c19-16(15-10-11-17-22-15)13-8-4-5-9-14(13)18-23(20,21)12-6-2-1-3-7-12/h1-11,18H. The van der Waals surface area contributed by atoms with Crippen LogP contribution in [-0.2, 0) is 10.0 Å². The number of carbonyl (C=O) groups excluding carboxylic acids is 1. The van der Waals surface area contributed by atoms with Crippen molar-refractivity contribution in [1.82, 2.24) is 4.37 Å². The summed E-state index contributed by atoms with van der Waals surface area (Å²) < 4.78 is 31.2. The Hall–Kier alpha value is -2.51. The monoisotopic (exact) mass is 344 g/mol. The summed E-state index contributed by atoms with van der Waals surface area (Å²) in [5, 5.41) is 0. The summed E-state index contributed by atoms with van der Waals surface area (Å²) in [5.74, 6) is -0.265. The van der Waals surface area contributed by atoms with Crippen LogP contribution in [0, 0.1) is 0 Å². The lowest BCUT2D eigenvalue weighted by molar-refractivity contribution is 0.104. The maximum atomic E-state index is 12.5. The van der Waals surface area contributed by atoms with Crippen molar-refractivity contribution in [2.24, 2.45) is 0 Å². The van der Waals surface area contributed by atoms with Crippen LogP contribution < -0.4 is 4.72 Å². The number of sulfonamides is 1. The van der Waals surface area contributed by atoms with Gasteiger partial charge in [0.15, 0.2) is 0 Å². The maximum Gasteiger partial charge on any atom is 0.261 e. The van der Waals surface area contributed by atoms with Crippen molar-refractivity contribution in [3.8, 4) is 0 Å². The van der Waals surface area contributed by atoms with Crippen molar-refractivity contribution >= 4 is 33.0 Å². The van der Waals surface area contributed by atoms with E-state index in [0.29, 0.717) is 4.88 Å². The third-order valence-electron chi connectivity index (χ3n) is 3.13. The molecule has 0 saturated carbocycles. The fraction of sp³-hybridized carbons (Fsp3) is 0. The van der Waals surface area contributed by atoms with Gasteiger partial charge in [-0.2, -0.15) is 0 Å². The summed E-state index contributed by atoms with van der Waals surface area (Å²) in [7, 11) is -3.75. The highest BCUT2D eigenvalue weighted by Crippen LogP contribution is 2.23. The predicted octanol–water partition coefficient (Wildman–Crippen LogP) is 3.17.